The van der Waals surface area contributed by atoms with Gasteiger partial charge in [0.1, 0.15) is 11.5 Å². The molecule has 110 valence electrons. The predicted molar refractivity (Wildman–Crippen MR) is 92.9 cm³/mol. The monoisotopic (exact) mass is 308 g/mol. The first-order valence-electron chi connectivity index (χ1n) is 7.03. The van der Waals surface area contributed by atoms with E-state index in [9.17, 15) is 0 Å². The molecule has 2 aromatic carbocycles. The molecular formula is C19H17O2P. The van der Waals surface area contributed by atoms with E-state index in [1.165, 1.54) is 15.9 Å². The third kappa shape index (κ3) is 2.99. The van der Waals surface area contributed by atoms with Gasteiger partial charge in [0.05, 0.1) is 14.2 Å². The molecule has 0 saturated heterocycles. The van der Waals surface area contributed by atoms with Crippen LogP contribution in [0.2, 0.25) is 0 Å². The highest BCUT2D eigenvalue weighted by Crippen LogP contribution is 2.44. The lowest BCUT2D eigenvalue weighted by Gasteiger charge is -2.18. The van der Waals surface area contributed by atoms with Crippen LogP contribution in [0.25, 0.3) is 0 Å². The van der Waals surface area contributed by atoms with E-state index in [2.05, 4.69) is 36.1 Å². The van der Waals surface area contributed by atoms with Crippen LogP contribution >= 0.6 is 7.92 Å². The van der Waals surface area contributed by atoms with Crippen LogP contribution in [0, 0.1) is 0 Å². The van der Waals surface area contributed by atoms with E-state index in [0.29, 0.717) is 0 Å². The molecule has 2 nitrogen and oxygen atoms in total. The molecule has 0 aromatic heterocycles. The van der Waals surface area contributed by atoms with Crippen molar-refractivity contribution in [1.29, 1.82) is 0 Å². The fraction of sp³-hybridized carbons (Fsp3) is 0.105. The number of benzene rings is 2. The number of allylic oxidation sites excluding steroid dienone is 3. The van der Waals surface area contributed by atoms with Crippen molar-refractivity contribution in [3.8, 4) is 11.5 Å². The highest BCUT2D eigenvalue weighted by atomic mass is 31.1. The van der Waals surface area contributed by atoms with Crippen LogP contribution in [0.15, 0.2) is 77.8 Å². The molecule has 0 bridgehead atoms. The lowest BCUT2D eigenvalue weighted by Crippen LogP contribution is -2.12. The minimum Gasteiger partial charge on any atom is -0.497 e. The Morgan fingerprint density at radius 1 is 0.773 bits per heavy atom. The van der Waals surface area contributed by atoms with Gasteiger partial charge in [-0.15, -0.1) is 5.73 Å². The first-order chi connectivity index (χ1) is 10.8. The van der Waals surface area contributed by atoms with Crippen molar-refractivity contribution >= 4 is 18.5 Å². The predicted octanol–water partition coefficient (Wildman–Crippen LogP) is 3.75. The highest BCUT2D eigenvalue weighted by Gasteiger charge is 2.18. The average molecular weight is 308 g/mol. The molecule has 0 unspecified atom stereocenters. The number of methoxy groups -OCH3 is 2. The lowest BCUT2D eigenvalue weighted by molar-refractivity contribution is 0.415. The molecule has 0 fully saturated rings. The topological polar surface area (TPSA) is 18.5 Å². The lowest BCUT2D eigenvalue weighted by atomic mass is 10.3. The Hall–Kier alpha value is -2.27. The molecule has 0 saturated carbocycles. The first-order valence-corrected chi connectivity index (χ1v) is 8.37. The summed E-state index contributed by atoms with van der Waals surface area (Å²) in [4.78, 5) is 0. The average Bonchev–Trinajstić information content (AvgIpc) is 3.10. The standard InChI is InChI=1S/C19H17O2P/c1-20-15-7-11-18(12-8-15)22(17-5-3-4-6-17)19-13-9-16(21-2)10-14-19/h3-5,7-14H,1-2H3. The van der Waals surface area contributed by atoms with Gasteiger partial charge in [-0.3, -0.25) is 0 Å². The summed E-state index contributed by atoms with van der Waals surface area (Å²) in [5.74, 6) is 1.75. The molecule has 0 aliphatic heterocycles. The second kappa shape index (κ2) is 6.66. The summed E-state index contributed by atoms with van der Waals surface area (Å²) >= 11 is 0. The van der Waals surface area contributed by atoms with Crippen LogP contribution in [-0.2, 0) is 0 Å². The van der Waals surface area contributed by atoms with Gasteiger partial charge in [-0.05, 0) is 54.9 Å². The van der Waals surface area contributed by atoms with E-state index in [1.54, 1.807) is 14.2 Å². The molecule has 1 aliphatic rings. The van der Waals surface area contributed by atoms with Crippen LogP contribution < -0.4 is 20.1 Å². The summed E-state index contributed by atoms with van der Waals surface area (Å²) in [7, 11) is 2.76. The molecule has 0 atom stereocenters. The smallest absolute Gasteiger partial charge is 0.118 e. The van der Waals surface area contributed by atoms with Gasteiger partial charge >= 0.3 is 0 Å². The fourth-order valence-electron chi connectivity index (χ4n) is 2.35. The molecule has 1 aliphatic carbocycles. The number of hydrogen-bond acceptors (Lipinski definition) is 2. The van der Waals surface area contributed by atoms with Crippen molar-refractivity contribution in [2.75, 3.05) is 14.2 Å². The van der Waals surface area contributed by atoms with E-state index in [0.717, 1.165) is 11.5 Å². The minimum atomic E-state index is -0.610. The molecule has 0 heterocycles. The van der Waals surface area contributed by atoms with E-state index in [-0.39, 0.29) is 0 Å². The molecule has 22 heavy (non-hydrogen) atoms. The molecular weight excluding hydrogens is 291 g/mol. The van der Waals surface area contributed by atoms with Crippen molar-refractivity contribution in [1.82, 2.24) is 0 Å². The maximum absolute atomic E-state index is 5.26. The largest absolute Gasteiger partial charge is 0.497 e. The third-order valence-corrected chi connectivity index (χ3v) is 5.87. The van der Waals surface area contributed by atoms with Crippen molar-refractivity contribution in [2.24, 2.45) is 0 Å². The van der Waals surface area contributed by atoms with Crippen LogP contribution in [0.1, 0.15) is 0 Å². The number of ether oxygens (including phenoxy) is 2. The maximum Gasteiger partial charge on any atom is 0.118 e. The zero-order valence-corrected chi connectivity index (χ0v) is 13.5. The van der Waals surface area contributed by atoms with Gasteiger partial charge in [0.2, 0.25) is 0 Å². The van der Waals surface area contributed by atoms with Crippen molar-refractivity contribution in [3.63, 3.8) is 0 Å². The second-order valence-corrected chi connectivity index (χ2v) is 6.97. The molecule has 0 N–H and O–H groups in total. The van der Waals surface area contributed by atoms with Crippen LogP contribution in [0.4, 0.5) is 0 Å². The Balaban J connectivity index is 2.02. The molecule has 3 rings (SSSR count). The van der Waals surface area contributed by atoms with E-state index >= 15 is 0 Å². The molecule has 2 aromatic rings. The van der Waals surface area contributed by atoms with Crippen molar-refractivity contribution in [3.05, 3.63) is 77.8 Å². The van der Waals surface area contributed by atoms with E-state index in [1.807, 2.05) is 36.4 Å². The van der Waals surface area contributed by atoms with Gasteiger partial charge in [0, 0.05) is 5.31 Å². The Labute approximate surface area is 132 Å². The van der Waals surface area contributed by atoms with Crippen LogP contribution in [0.3, 0.4) is 0 Å². The zero-order valence-electron chi connectivity index (χ0n) is 12.6. The summed E-state index contributed by atoms with van der Waals surface area (Å²) in [5.41, 5.74) is 3.36. The first kappa shape index (κ1) is 14.7. The summed E-state index contributed by atoms with van der Waals surface area (Å²) < 4.78 is 10.5. The molecule has 0 radical (unpaired) electrons. The van der Waals surface area contributed by atoms with E-state index in [4.69, 9.17) is 9.47 Å². The summed E-state index contributed by atoms with van der Waals surface area (Å²) in [5, 5.41) is 3.79. The Morgan fingerprint density at radius 3 is 1.64 bits per heavy atom. The van der Waals surface area contributed by atoms with E-state index < -0.39 is 7.92 Å². The summed E-state index contributed by atoms with van der Waals surface area (Å²) in [6, 6.07) is 16.6. The quantitative estimate of drug-likeness (QED) is 0.619. The van der Waals surface area contributed by atoms with Crippen molar-refractivity contribution in [2.45, 2.75) is 0 Å². The molecule has 0 amide bonds. The van der Waals surface area contributed by atoms with Crippen LogP contribution in [0.5, 0.6) is 11.5 Å². The number of rotatable bonds is 5. The van der Waals surface area contributed by atoms with Crippen LogP contribution in [-0.4, -0.2) is 14.2 Å². The van der Waals surface area contributed by atoms with Crippen molar-refractivity contribution < 1.29 is 9.47 Å². The maximum atomic E-state index is 5.26. The Bertz CT molecular complexity index is 689. The summed E-state index contributed by atoms with van der Waals surface area (Å²) in [6.07, 6.45) is 6.15. The Morgan fingerprint density at radius 2 is 1.27 bits per heavy atom. The fourth-order valence-corrected chi connectivity index (χ4v) is 4.54. The normalized spacial score (nSPS) is 12.6. The van der Waals surface area contributed by atoms with Gasteiger partial charge in [-0.25, -0.2) is 0 Å². The highest BCUT2D eigenvalue weighted by molar-refractivity contribution is 7.77. The van der Waals surface area contributed by atoms with Gasteiger partial charge in [-0.1, -0.05) is 30.3 Å². The second-order valence-electron chi connectivity index (χ2n) is 4.79. The summed E-state index contributed by atoms with van der Waals surface area (Å²) in [6.45, 7) is 0. The van der Waals surface area contributed by atoms with Gasteiger partial charge in [-0.2, -0.15) is 0 Å². The third-order valence-electron chi connectivity index (χ3n) is 3.48. The SMILES string of the molecule is COc1ccc(P(C2=C=CC=C2)c2ccc(OC)cc2)cc1. The minimum absolute atomic E-state index is 0.610. The number of hydrogen-bond donors (Lipinski definition) is 0. The Kier molecular flexibility index (Phi) is 4.44. The van der Waals surface area contributed by atoms with Gasteiger partial charge in [0.15, 0.2) is 0 Å². The molecule has 3 heteroatoms. The van der Waals surface area contributed by atoms with Gasteiger partial charge < -0.3 is 9.47 Å². The van der Waals surface area contributed by atoms with Gasteiger partial charge in [0.25, 0.3) is 0 Å². The molecule has 0 spiro atoms. The zero-order chi connectivity index (χ0) is 15.4.